The molecular formula is C19H24N4O5. The third-order valence-electron chi connectivity index (χ3n) is 3.73. The quantitative estimate of drug-likeness (QED) is 0.714. The summed E-state index contributed by atoms with van der Waals surface area (Å²) >= 11 is 0. The monoisotopic (exact) mass is 388 g/mol. The maximum atomic E-state index is 12.3. The fourth-order valence-electron chi connectivity index (χ4n) is 2.35. The van der Waals surface area contributed by atoms with Crippen molar-refractivity contribution in [2.75, 3.05) is 39.6 Å². The highest BCUT2D eigenvalue weighted by atomic mass is 16.5. The normalized spacial score (nSPS) is 10.1. The number of nitrogens with one attached hydrogen (secondary N) is 2. The molecule has 0 atom stereocenters. The van der Waals surface area contributed by atoms with Crippen LogP contribution in [0.15, 0.2) is 47.1 Å². The van der Waals surface area contributed by atoms with Gasteiger partial charge in [-0.05, 0) is 36.4 Å². The highest BCUT2D eigenvalue weighted by Crippen LogP contribution is 2.14. The number of rotatable bonds is 8. The van der Waals surface area contributed by atoms with Crippen molar-refractivity contribution in [3.63, 3.8) is 0 Å². The predicted octanol–water partition coefficient (Wildman–Crippen LogP) is 1.53. The number of hydrogen-bond donors (Lipinski definition) is 2. The summed E-state index contributed by atoms with van der Waals surface area (Å²) in [6.07, 6.45) is 1.50. The standard InChI is InChI=1S/C19H24N4O5/c1-22(2)19(26)23(12-16-5-4-10-28-16)13-18(25)20-11-17(24)21-14-6-8-15(27-3)9-7-14/h4-10H,11-13H2,1-3H3,(H,20,25)(H,21,24). The summed E-state index contributed by atoms with van der Waals surface area (Å²) in [5.74, 6) is 0.399. The van der Waals surface area contributed by atoms with Gasteiger partial charge in [-0.25, -0.2) is 4.79 Å². The summed E-state index contributed by atoms with van der Waals surface area (Å²) in [5.41, 5.74) is 0.585. The van der Waals surface area contributed by atoms with Crippen molar-refractivity contribution in [2.24, 2.45) is 0 Å². The van der Waals surface area contributed by atoms with Crippen LogP contribution in [0.3, 0.4) is 0 Å². The Bertz CT molecular complexity index is 787. The fourth-order valence-corrected chi connectivity index (χ4v) is 2.35. The summed E-state index contributed by atoms with van der Waals surface area (Å²) in [6.45, 7) is -0.265. The molecule has 0 aliphatic carbocycles. The maximum Gasteiger partial charge on any atom is 0.320 e. The van der Waals surface area contributed by atoms with Gasteiger partial charge in [-0.15, -0.1) is 0 Å². The van der Waals surface area contributed by atoms with E-state index in [1.165, 1.54) is 16.1 Å². The van der Waals surface area contributed by atoms with Crippen molar-refractivity contribution in [1.29, 1.82) is 0 Å². The first-order valence-electron chi connectivity index (χ1n) is 8.58. The molecule has 2 N–H and O–H groups in total. The lowest BCUT2D eigenvalue weighted by Crippen LogP contribution is -2.45. The predicted molar refractivity (Wildman–Crippen MR) is 103 cm³/mol. The zero-order chi connectivity index (χ0) is 20.5. The van der Waals surface area contributed by atoms with E-state index in [0.29, 0.717) is 17.2 Å². The van der Waals surface area contributed by atoms with Crippen LogP contribution in [0.5, 0.6) is 5.75 Å². The van der Waals surface area contributed by atoms with Gasteiger partial charge in [0.15, 0.2) is 0 Å². The van der Waals surface area contributed by atoms with E-state index in [4.69, 9.17) is 9.15 Å². The van der Waals surface area contributed by atoms with Crippen molar-refractivity contribution in [1.82, 2.24) is 15.1 Å². The van der Waals surface area contributed by atoms with E-state index in [9.17, 15) is 14.4 Å². The number of urea groups is 1. The van der Waals surface area contributed by atoms with Crippen LogP contribution in [0.2, 0.25) is 0 Å². The van der Waals surface area contributed by atoms with E-state index in [1.807, 2.05) is 0 Å². The van der Waals surface area contributed by atoms with E-state index < -0.39 is 5.91 Å². The second-order valence-electron chi connectivity index (χ2n) is 6.17. The lowest BCUT2D eigenvalue weighted by molar-refractivity contribution is -0.124. The first-order chi connectivity index (χ1) is 13.4. The third-order valence-corrected chi connectivity index (χ3v) is 3.73. The molecule has 2 aromatic rings. The molecule has 150 valence electrons. The van der Waals surface area contributed by atoms with Crippen molar-refractivity contribution >= 4 is 23.5 Å². The van der Waals surface area contributed by atoms with E-state index in [2.05, 4.69) is 10.6 Å². The molecule has 2 rings (SSSR count). The minimum absolute atomic E-state index is 0.148. The Hall–Kier alpha value is -3.49. The molecule has 1 aromatic heterocycles. The Balaban J connectivity index is 1.85. The molecule has 0 unspecified atom stereocenters. The van der Waals surface area contributed by atoms with Gasteiger partial charge in [0.25, 0.3) is 0 Å². The molecule has 0 fully saturated rings. The number of furan rings is 1. The summed E-state index contributed by atoms with van der Waals surface area (Å²) in [5, 5.41) is 5.18. The molecule has 9 heteroatoms. The van der Waals surface area contributed by atoms with Gasteiger partial charge >= 0.3 is 6.03 Å². The number of amides is 4. The van der Waals surface area contributed by atoms with Crippen LogP contribution in [0, 0.1) is 0 Å². The topological polar surface area (TPSA) is 104 Å². The van der Waals surface area contributed by atoms with Crippen molar-refractivity contribution in [2.45, 2.75) is 6.54 Å². The van der Waals surface area contributed by atoms with Crippen LogP contribution >= 0.6 is 0 Å². The molecule has 4 amide bonds. The molecule has 1 heterocycles. The summed E-state index contributed by atoms with van der Waals surface area (Å²) in [4.78, 5) is 39.2. The van der Waals surface area contributed by atoms with Gasteiger partial charge in [-0.1, -0.05) is 0 Å². The third kappa shape index (κ3) is 6.35. The van der Waals surface area contributed by atoms with Gasteiger partial charge in [0.05, 0.1) is 26.5 Å². The molecular weight excluding hydrogens is 364 g/mol. The Morgan fingerprint density at radius 2 is 1.79 bits per heavy atom. The van der Waals surface area contributed by atoms with Crippen LogP contribution in [-0.2, 0) is 16.1 Å². The SMILES string of the molecule is COc1ccc(NC(=O)CNC(=O)CN(Cc2ccco2)C(=O)N(C)C)cc1. The number of benzene rings is 1. The minimum Gasteiger partial charge on any atom is -0.497 e. The summed E-state index contributed by atoms with van der Waals surface area (Å²) in [6, 6.07) is 9.90. The van der Waals surface area contributed by atoms with E-state index >= 15 is 0 Å². The smallest absolute Gasteiger partial charge is 0.320 e. The fraction of sp³-hybridized carbons (Fsp3) is 0.316. The maximum absolute atomic E-state index is 12.3. The van der Waals surface area contributed by atoms with Gasteiger partial charge in [0.2, 0.25) is 11.8 Å². The van der Waals surface area contributed by atoms with E-state index in [-0.39, 0.29) is 31.6 Å². The molecule has 9 nitrogen and oxygen atoms in total. The summed E-state index contributed by atoms with van der Waals surface area (Å²) in [7, 11) is 4.74. The molecule has 0 saturated heterocycles. The first-order valence-corrected chi connectivity index (χ1v) is 8.58. The largest absolute Gasteiger partial charge is 0.497 e. The zero-order valence-corrected chi connectivity index (χ0v) is 16.1. The Morgan fingerprint density at radius 3 is 2.36 bits per heavy atom. The number of methoxy groups -OCH3 is 1. The molecule has 0 saturated carbocycles. The van der Waals surface area contributed by atoms with Crippen molar-refractivity contribution in [3.8, 4) is 5.75 Å². The zero-order valence-electron chi connectivity index (χ0n) is 16.1. The number of carbonyl (C=O) groups is 3. The highest BCUT2D eigenvalue weighted by molar-refractivity contribution is 5.95. The molecule has 28 heavy (non-hydrogen) atoms. The lowest BCUT2D eigenvalue weighted by Gasteiger charge is -2.24. The Labute approximate surface area is 163 Å². The first kappa shape index (κ1) is 20.8. The molecule has 0 radical (unpaired) electrons. The average Bonchev–Trinajstić information content (AvgIpc) is 3.19. The van der Waals surface area contributed by atoms with Gasteiger partial charge in [-0.2, -0.15) is 0 Å². The molecule has 0 spiro atoms. The summed E-state index contributed by atoms with van der Waals surface area (Å²) < 4.78 is 10.3. The average molecular weight is 388 g/mol. The minimum atomic E-state index is -0.452. The van der Waals surface area contributed by atoms with Gasteiger partial charge in [0.1, 0.15) is 18.1 Å². The molecule has 0 aliphatic heterocycles. The van der Waals surface area contributed by atoms with Crippen LogP contribution < -0.4 is 15.4 Å². The van der Waals surface area contributed by atoms with E-state index in [1.54, 1.807) is 57.6 Å². The van der Waals surface area contributed by atoms with Crippen molar-refractivity contribution < 1.29 is 23.5 Å². The van der Waals surface area contributed by atoms with Gasteiger partial charge < -0.3 is 29.6 Å². The van der Waals surface area contributed by atoms with Crippen molar-refractivity contribution in [3.05, 3.63) is 48.4 Å². The number of ether oxygens (including phenoxy) is 1. The molecule has 0 aliphatic rings. The number of hydrogen-bond acceptors (Lipinski definition) is 5. The van der Waals surface area contributed by atoms with E-state index in [0.717, 1.165) is 0 Å². The highest BCUT2D eigenvalue weighted by Gasteiger charge is 2.20. The molecule has 0 bridgehead atoms. The van der Waals surface area contributed by atoms with Crippen LogP contribution in [-0.4, -0.2) is 61.9 Å². The number of anilines is 1. The van der Waals surface area contributed by atoms with Crippen LogP contribution in [0.4, 0.5) is 10.5 Å². The van der Waals surface area contributed by atoms with Gasteiger partial charge in [-0.3, -0.25) is 9.59 Å². The second kappa shape index (κ2) is 10.0. The molecule has 1 aromatic carbocycles. The van der Waals surface area contributed by atoms with Gasteiger partial charge in [0, 0.05) is 19.8 Å². The number of carbonyl (C=O) groups excluding carboxylic acids is 3. The lowest BCUT2D eigenvalue weighted by atomic mass is 10.3. The second-order valence-corrected chi connectivity index (χ2v) is 6.17. The Morgan fingerprint density at radius 1 is 1.07 bits per heavy atom. The Kier molecular flexibility index (Phi) is 7.44. The number of nitrogens with zero attached hydrogens (tertiary/aromatic N) is 2. The van der Waals surface area contributed by atoms with Crippen LogP contribution in [0.1, 0.15) is 5.76 Å². The van der Waals surface area contributed by atoms with Crippen LogP contribution in [0.25, 0.3) is 0 Å².